The molecule has 102 valence electrons. The van der Waals surface area contributed by atoms with Gasteiger partial charge in [0.05, 0.1) is 6.20 Å². The number of nitrogens with two attached hydrogens (primary N) is 1. The van der Waals surface area contributed by atoms with Gasteiger partial charge < -0.3 is 15.8 Å². The Bertz CT molecular complexity index is 365. The van der Waals surface area contributed by atoms with E-state index in [-0.39, 0.29) is 5.91 Å². The van der Waals surface area contributed by atoms with Gasteiger partial charge in [0.25, 0.3) is 0 Å². The molecule has 3 N–H and O–H groups in total. The van der Waals surface area contributed by atoms with E-state index in [9.17, 15) is 4.79 Å². The minimum Gasteiger partial charge on any atom is -0.381 e. The standard InChI is InChI=1S/C12H22N4O2/c1-3-6-18-7-4-5-14-12(17)11(13)10-8-15-16(2)9-10/h8-9,11H,3-7,13H2,1-2H3,(H,14,17). The van der Waals surface area contributed by atoms with Gasteiger partial charge in [-0.2, -0.15) is 5.10 Å². The van der Waals surface area contributed by atoms with E-state index in [0.717, 1.165) is 25.0 Å². The molecule has 0 aromatic carbocycles. The van der Waals surface area contributed by atoms with Crippen LogP contribution in [0.4, 0.5) is 0 Å². The van der Waals surface area contributed by atoms with Gasteiger partial charge in [0.15, 0.2) is 0 Å². The summed E-state index contributed by atoms with van der Waals surface area (Å²) in [5.41, 5.74) is 6.54. The molecule has 1 atom stereocenters. The first-order valence-electron chi connectivity index (χ1n) is 6.24. The van der Waals surface area contributed by atoms with Crippen LogP contribution in [0, 0.1) is 0 Å². The highest BCUT2D eigenvalue weighted by molar-refractivity contribution is 5.82. The van der Waals surface area contributed by atoms with Crippen LogP contribution < -0.4 is 11.1 Å². The summed E-state index contributed by atoms with van der Waals surface area (Å²) >= 11 is 0. The number of hydrogen-bond donors (Lipinski definition) is 2. The predicted molar refractivity (Wildman–Crippen MR) is 68.9 cm³/mol. The smallest absolute Gasteiger partial charge is 0.241 e. The molecule has 1 amide bonds. The number of amides is 1. The summed E-state index contributed by atoms with van der Waals surface area (Å²) in [6.07, 6.45) is 5.16. The molecule has 6 heteroatoms. The fraction of sp³-hybridized carbons (Fsp3) is 0.667. The molecule has 1 aromatic rings. The normalized spacial score (nSPS) is 12.4. The average molecular weight is 254 g/mol. The van der Waals surface area contributed by atoms with Gasteiger partial charge in [-0.3, -0.25) is 9.48 Å². The molecule has 0 saturated carbocycles. The first kappa shape index (κ1) is 14.7. The van der Waals surface area contributed by atoms with Gasteiger partial charge in [-0.15, -0.1) is 0 Å². The van der Waals surface area contributed by atoms with Crippen LogP contribution in [-0.2, 0) is 16.6 Å². The second-order valence-corrected chi connectivity index (χ2v) is 4.18. The molecule has 0 aliphatic heterocycles. The van der Waals surface area contributed by atoms with Crippen LogP contribution in [0.15, 0.2) is 12.4 Å². The van der Waals surface area contributed by atoms with Crippen LogP contribution in [0.3, 0.4) is 0 Å². The summed E-state index contributed by atoms with van der Waals surface area (Å²) in [6, 6.07) is -0.657. The van der Waals surface area contributed by atoms with E-state index >= 15 is 0 Å². The first-order chi connectivity index (χ1) is 8.65. The Balaban J connectivity index is 2.20. The zero-order valence-corrected chi connectivity index (χ0v) is 11.1. The first-order valence-corrected chi connectivity index (χ1v) is 6.24. The van der Waals surface area contributed by atoms with Crippen LogP contribution >= 0.6 is 0 Å². The van der Waals surface area contributed by atoms with E-state index in [0.29, 0.717) is 13.2 Å². The van der Waals surface area contributed by atoms with Crippen molar-refractivity contribution in [3.05, 3.63) is 18.0 Å². The van der Waals surface area contributed by atoms with E-state index in [1.807, 2.05) is 0 Å². The van der Waals surface area contributed by atoms with Crippen molar-refractivity contribution < 1.29 is 9.53 Å². The number of rotatable bonds is 8. The van der Waals surface area contributed by atoms with Crippen molar-refractivity contribution in [1.82, 2.24) is 15.1 Å². The van der Waals surface area contributed by atoms with Crippen molar-refractivity contribution in [1.29, 1.82) is 0 Å². The second kappa shape index (κ2) is 7.84. The molecule has 18 heavy (non-hydrogen) atoms. The minimum absolute atomic E-state index is 0.182. The molecule has 1 rings (SSSR count). The molecule has 1 unspecified atom stereocenters. The summed E-state index contributed by atoms with van der Waals surface area (Å²) in [7, 11) is 1.79. The van der Waals surface area contributed by atoms with Gasteiger partial charge in [0.2, 0.25) is 5.91 Å². The van der Waals surface area contributed by atoms with Gasteiger partial charge in [-0.25, -0.2) is 0 Å². The Morgan fingerprint density at radius 2 is 2.39 bits per heavy atom. The minimum atomic E-state index is -0.657. The lowest BCUT2D eigenvalue weighted by Gasteiger charge is -2.10. The Morgan fingerprint density at radius 1 is 1.61 bits per heavy atom. The third-order valence-electron chi connectivity index (χ3n) is 2.48. The second-order valence-electron chi connectivity index (χ2n) is 4.18. The Kier molecular flexibility index (Phi) is 6.38. The number of aromatic nitrogens is 2. The van der Waals surface area contributed by atoms with Crippen molar-refractivity contribution in [2.24, 2.45) is 12.8 Å². The summed E-state index contributed by atoms with van der Waals surface area (Å²) in [5.74, 6) is -0.182. The number of aryl methyl sites for hydroxylation is 1. The van der Waals surface area contributed by atoms with Gasteiger partial charge in [-0.05, 0) is 12.8 Å². The predicted octanol–water partition coefficient (Wildman–Crippen LogP) is 0.353. The van der Waals surface area contributed by atoms with Crippen molar-refractivity contribution in [3.8, 4) is 0 Å². The highest BCUT2D eigenvalue weighted by atomic mass is 16.5. The SMILES string of the molecule is CCCOCCCNC(=O)C(N)c1cnn(C)c1. The number of hydrogen-bond acceptors (Lipinski definition) is 4. The summed E-state index contributed by atoms with van der Waals surface area (Å²) in [4.78, 5) is 11.7. The summed E-state index contributed by atoms with van der Waals surface area (Å²) in [6.45, 7) is 4.07. The maximum Gasteiger partial charge on any atom is 0.241 e. The molecule has 1 heterocycles. The lowest BCUT2D eigenvalue weighted by atomic mass is 10.1. The molecule has 0 aliphatic carbocycles. The third-order valence-corrected chi connectivity index (χ3v) is 2.48. The largest absolute Gasteiger partial charge is 0.381 e. The number of ether oxygens (including phenoxy) is 1. The fourth-order valence-corrected chi connectivity index (χ4v) is 1.49. The highest BCUT2D eigenvalue weighted by Crippen LogP contribution is 2.07. The fourth-order valence-electron chi connectivity index (χ4n) is 1.49. The molecular weight excluding hydrogens is 232 g/mol. The summed E-state index contributed by atoms with van der Waals surface area (Å²) in [5, 5.41) is 6.77. The summed E-state index contributed by atoms with van der Waals surface area (Å²) < 4.78 is 6.94. The molecule has 0 radical (unpaired) electrons. The third kappa shape index (κ3) is 4.85. The van der Waals surface area contributed by atoms with Gasteiger partial charge in [-0.1, -0.05) is 6.92 Å². The van der Waals surface area contributed by atoms with E-state index in [1.54, 1.807) is 24.1 Å². The molecule has 0 saturated heterocycles. The monoisotopic (exact) mass is 254 g/mol. The zero-order valence-electron chi connectivity index (χ0n) is 11.1. The molecule has 0 bridgehead atoms. The Hall–Kier alpha value is -1.40. The maximum absolute atomic E-state index is 11.7. The lowest BCUT2D eigenvalue weighted by molar-refractivity contribution is -0.122. The molecular formula is C12H22N4O2. The van der Waals surface area contributed by atoms with E-state index in [1.165, 1.54) is 0 Å². The lowest BCUT2D eigenvalue weighted by Crippen LogP contribution is -2.34. The number of nitrogens with one attached hydrogen (secondary N) is 1. The van der Waals surface area contributed by atoms with Crippen molar-refractivity contribution >= 4 is 5.91 Å². The van der Waals surface area contributed by atoms with E-state index < -0.39 is 6.04 Å². The van der Waals surface area contributed by atoms with Gasteiger partial charge in [0, 0.05) is 38.6 Å². The van der Waals surface area contributed by atoms with Crippen molar-refractivity contribution in [2.45, 2.75) is 25.8 Å². The molecule has 0 aliphatic rings. The van der Waals surface area contributed by atoms with Crippen LogP contribution in [-0.4, -0.2) is 35.4 Å². The average Bonchev–Trinajstić information content (AvgIpc) is 2.79. The maximum atomic E-state index is 11.7. The van der Waals surface area contributed by atoms with Crippen LogP contribution in [0.1, 0.15) is 31.4 Å². The van der Waals surface area contributed by atoms with Gasteiger partial charge in [0.1, 0.15) is 6.04 Å². The molecule has 1 aromatic heterocycles. The molecule has 6 nitrogen and oxygen atoms in total. The highest BCUT2D eigenvalue weighted by Gasteiger charge is 2.16. The zero-order chi connectivity index (χ0) is 13.4. The van der Waals surface area contributed by atoms with Crippen LogP contribution in [0.2, 0.25) is 0 Å². The van der Waals surface area contributed by atoms with Crippen LogP contribution in [0.5, 0.6) is 0 Å². The van der Waals surface area contributed by atoms with Crippen molar-refractivity contribution in [2.75, 3.05) is 19.8 Å². The number of nitrogens with zero attached hydrogens (tertiary/aromatic N) is 2. The topological polar surface area (TPSA) is 82.2 Å². The van der Waals surface area contributed by atoms with E-state index in [4.69, 9.17) is 10.5 Å². The Labute approximate surface area is 107 Å². The Morgan fingerprint density at radius 3 is 3.00 bits per heavy atom. The number of carbonyl (C=O) groups is 1. The molecule has 0 spiro atoms. The van der Waals surface area contributed by atoms with E-state index in [2.05, 4.69) is 17.3 Å². The van der Waals surface area contributed by atoms with Crippen molar-refractivity contribution in [3.63, 3.8) is 0 Å². The molecule has 0 fully saturated rings. The quantitative estimate of drug-likeness (QED) is 0.656. The van der Waals surface area contributed by atoms with Gasteiger partial charge >= 0.3 is 0 Å². The number of carbonyl (C=O) groups excluding carboxylic acids is 1. The van der Waals surface area contributed by atoms with Crippen LogP contribution in [0.25, 0.3) is 0 Å².